The van der Waals surface area contributed by atoms with Crippen molar-refractivity contribution in [1.29, 1.82) is 0 Å². The summed E-state index contributed by atoms with van der Waals surface area (Å²) in [5, 5.41) is 22.6. The van der Waals surface area contributed by atoms with Crippen LogP contribution in [-0.2, 0) is 6.54 Å². The number of rotatable bonds is 4. The molecule has 1 amide bonds. The Morgan fingerprint density at radius 2 is 2.15 bits per heavy atom. The number of amides is 1. The highest BCUT2D eigenvalue weighted by atomic mass is 16.6. The van der Waals surface area contributed by atoms with Gasteiger partial charge in [-0.25, -0.2) is 0 Å². The number of nitro benzene ring substituents is 1. The van der Waals surface area contributed by atoms with Crippen LogP contribution >= 0.6 is 0 Å². The predicted molar refractivity (Wildman–Crippen MR) is 69.4 cm³/mol. The van der Waals surface area contributed by atoms with E-state index in [-0.39, 0.29) is 12.1 Å². The number of hydrogen-bond acceptors (Lipinski definition) is 5. The highest BCUT2D eigenvalue weighted by Crippen LogP contribution is 2.26. The number of nitro groups is 1. The average molecular weight is 276 g/mol. The van der Waals surface area contributed by atoms with Crippen molar-refractivity contribution in [1.82, 2.24) is 5.32 Å². The number of hydrogen-bond donors (Lipinski definition) is 2. The van der Waals surface area contributed by atoms with Gasteiger partial charge in [-0.3, -0.25) is 14.9 Å². The summed E-state index contributed by atoms with van der Waals surface area (Å²) < 4.78 is 5.29. The first-order valence-electron chi connectivity index (χ1n) is 5.78. The third kappa shape index (κ3) is 2.94. The zero-order valence-electron chi connectivity index (χ0n) is 10.6. The molecule has 2 aromatic rings. The van der Waals surface area contributed by atoms with E-state index in [0.717, 1.165) is 17.9 Å². The molecule has 1 aromatic carbocycles. The standard InChI is InChI=1S/C13H12N2O5/c1-8-2-4-10(20-8)7-14-13(17)9-3-5-11(15(18)19)12(16)6-9/h2-6,16H,7H2,1H3,(H,14,17). The molecule has 0 saturated carbocycles. The van der Waals surface area contributed by atoms with Crippen LogP contribution in [0.15, 0.2) is 34.7 Å². The molecular weight excluding hydrogens is 264 g/mol. The molecule has 7 heteroatoms. The topological polar surface area (TPSA) is 106 Å². The van der Waals surface area contributed by atoms with Crippen LogP contribution in [0.25, 0.3) is 0 Å². The highest BCUT2D eigenvalue weighted by molar-refractivity contribution is 5.94. The largest absolute Gasteiger partial charge is 0.502 e. The molecule has 0 unspecified atom stereocenters. The van der Waals surface area contributed by atoms with Crippen LogP contribution in [-0.4, -0.2) is 15.9 Å². The minimum absolute atomic E-state index is 0.136. The van der Waals surface area contributed by atoms with E-state index in [1.54, 1.807) is 19.1 Å². The fourth-order valence-corrected chi connectivity index (χ4v) is 1.67. The number of benzene rings is 1. The molecule has 0 aliphatic carbocycles. The van der Waals surface area contributed by atoms with Crippen LogP contribution in [0.4, 0.5) is 5.69 Å². The van der Waals surface area contributed by atoms with Gasteiger partial charge in [0.1, 0.15) is 11.5 Å². The molecular formula is C13H12N2O5. The summed E-state index contributed by atoms with van der Waals surface area (Å²) in [6, 6.07) is 6.94. The summed E-state index contributed by atoms with van der Waals surface area (Å²) >= 11 is 0. The van der Waals surface area contributed by atoms with Crippen LogP contribution < -0.4 is 5.32 Å². The van der Waals surface area contributed by atoms with Crippen LogP contribution in [0.5, 0.6) is 5.75 Å². The molecule has 0 atom stereocenters. The summed E-state index contributed by atoms with van der Waals surface area (Å²) in [5.41, 5.74) is -0.306. The second-order valence-corrected chi connectivity index (χ2v) is 4.16. The van der Waals surface area contributed by atoms with Crippen LogP contribution in [0.2, 0.25) is 0 Å². The molecule has 0 saturated heterocycles. The first-order chi connectivity index (χ1) is 9.47. The molecule has 104 valence electrons. The van der Waals surface area contributed by atoms with Crippen LogP contribution in [0.1, 0.15) is 21.9 Å². The number of phenolic OH excluding ortho intramolecular Hbond substituents is 1. The third-order valence-electron chi connectivity index (χ3n) is 2.65. The minimum atomic E-state index is -0.720. The summed E-state index contributed by atoms with van der Waals surface area (Å²) in [5.74, 6) is 0.338. The summed E-state index contributed by atoms with van der Waals surface area (Å²) in [4.78, 5) is 21.7. The number of carbonyl (C=O) groups is 1. The first-order valence-corrected chi connectivity index (χ1v) is 5.78. The molecule has 0 bridgehead atoms. The van der Waals surface area contributed by atoms with Gasteiger partial charge in [-0.2, -0.15) is 0 Å². The second kappa shape index (κ2) is 5.43. The van der Waals surface area contributed by atoms with Crippen LogP contribution in [0.3, 0.4) is 0 Å². The van der Waals surface area contributed by atoms with Crippen molar-refractivity contribution in [2.75, 3.05) is 0 Å². The van der Waals surface area contributed by atoms with Crippen molar-refractivity contribution in [3.8, 4) is 5.75 Å². The van der Waals surface area contributed by atoms with Crippen molar-refractivity contribution in [2.24, 2.45) is 0 Å². The highest BCUT2D eigenvalue weighted by Gasteiger charge is 2.16. The number of phenols is 1. The van der Waals surface area contributed by atoms with Gasteiger partial charge in [-0.1, -0.05) is 0 Å². The van der Waals surface area contributed by atoms with E-state index in [4.69, 9.17) is 4.42 Å². The first kappa shape index (κ1) is 13.6. The van der Waals surface area contributed by atoms with Gasteiger partial charge in [0, 0.05) is 11.6 Å². The molecule has 7 nitrogen and oxygen atoms in total. The van der Waals surface area contributed by atoms with Crippen molar-refractivity contribution >= 4 is 11.6 Å². The van der Waals surface area contributed by atoms with Crippen molar-refractivity contribution < 1.29 is 19.2 Å². The Morgan fingerprint density at radius 1 is 1.40 bits per heavy atom. The van der Waals surface area contributed by atoms with E-state index in [0.29, 0.717) is 5.76 Å². The Kier molecular flexibility index (Phi) is 3.69. The van der Waals surface area contributed by atoms with E-state index in [1.807, 2.05) is 0 Å². The zero-order chi connectivity index (χ0) is 14.7. The second-order valence-electron chi connectivity index (χ2n) is 4.16. The lowest BCUT2D eigenvalue weighted by Crippen LogP contribution is -2.22. The molecule has 0 aliphatic rings. The van der Waals surface area contributed by atoms with Gasteiger partial charge >= 0.3 is 5.69 Å². The molecule has 0 fully saturated rings. The van der Waals surface area contributed by atoms with Gasteiger partial charge < -0.3 is 14.8 Å². The molecule has 1 heterocycles. The molecule has 0 radical (unpaired) electrons. The quantitative estimate of drug-likeness (QED) is 0.657. The summed E-state index contributed by atoms with van der Waals surface area (Å²) in [6.45, 7) is 1.99. The SMILES string of the molecule is Cc1ccc(CNC(=O)c2ccc([N+](=O)[O-])c(O)c2)o1. The van der Waals surface area contributed by atoms with Gasteiger partial charge in [-0.15, -0.1) is 0 Å². The van der Waals surface area contributed by atoms with Gasteiger partial charge in [0.05, 0.1) is 11.5 Å². The normalized spacial score (nSPS) is 10.2. The Hall–Kier alpha value is -2.83. The van der Waals surface area contributed by atoms with Crippen molar-refractivity contribution in [3.63, 3.8) is 0 Å². The minimum Gasteiger partial charge on any atom is -0.502 e. The van der Waals surface area contributed by atoms with E-state index in [2.05, 4.69) is 5.32 Å². The maximum atomic E-state index is 11.8. The predicted octanol–water partition coefficient (Wildman–Crippen LogP) is 2.13. The smallest absolute Gasteiger partial charge is 0.310 e. The monoisotopic (exact) mass is 276 g/mol. The molecule has 20 heavy (non-hydrogen) atoms. The Bertz CT molecular complexity index is 663. The lowest BCUT2D eigenvalue weighted by Gasteiger charge is -2.04. The maximum absolute atomic E-state index is 11.8. The molecule has 0 aliphatic heterocycles. The molecule has 2 N–H and O–H groups in total. The number of aryl methyl sites for hydroxylation is 1. The van der Waals surface area contributed by atoms with E-state index in [9.17, 15) is 20.0 Å². The summed E-state index contributed by atoms with van der Waals surface area (Å²) in [6.07, 6.45) is 0. The number of nitrogens with zero attached hydrogens (tertiary/aromatic N) is 1. The Morgan fingerprint density at radius 3 is 2.70 bits per heavy atom. The molecule has 2 rings (SSSR count). The molecule has 1 aromatic heterocycles. The van der Waals surface area contributed by atoms with Crippen molar-refractivity contribution in [3.05, 3.63) is 57.5 Å². The average Bonchev–Trinajstić information content (AvgIpc) is 2.81. The third-order valence-corrected chi connectivity index (χ3v) is 2.65. The van der Waals surface area contributed by atoms with E-state index in [1.165, 1.54) is 6.07 Å². The lowest BCUT2D eigenvalue weighted by atomic mass is 10.2. The number of furan rings is 1. The maximum Gasteiger partial charge on any atom is 0.310 e. The number of carbonyl (C=O) groups excluding carboxylic acids is 1. The van der Waals surface area contributed by atoms with Gasteiger partial charge in [0.2, 0.25) is 0 Å². The van der Waals surface area contributed by atoms with Gasteiger partial charge in [0.15, 0.2) is 5.75 Å². The van der Waals surface area contributed by atoms with Crippen molar-refractivity contribution in [2.45, 2.75) is 13.5 Å². The Balaban J connectivity index is 2.06. The van der Waals surface area contributed by atoms with Crippen LogP contribution in [0, 0.1) is 17.0 Å². The zero-order valence-corrected chi connectivity index (χ0v) is 10.6. The van der Waals surface area contributed by atoms with E-state index < -0.39 is 22.3 Å². The van der Waals surface area contributed by atoms with Gasteiger partial charge in [-0.05, 0) is 31.2 Å². The fourth-order valence-electron chi connectivity index (χ4n) is 1.67. The van der Waals surface area contributed by atoms with E-state index >= 15 is 0 Å². The number of nitrogens with one attached hydrogen (secondary N) is 1. The number of aromatic hydroxyl groups is 1. The summed E-state index contributed by atoms with van der Waals surface area (Å²) in [7, 11) is 0. The fraction of sp³-hybridized carbons (Fsp3) is 0.154. The Labute approximate surface area is 114 Å². The lowest BCUT2D eigenvalue weighted by molar-refractivity contribution is -0.385. The van der Waals surface area contributed by atoms with Gasteiger partial charge in [0.25, 0.3) is 5.91 Å². The molecule has 0 spiro atoms.